The zero-order chi connectivity index (χ0) is 16.8. The molecule has 1 heterocycles. The van der Waals surface area contributed by atoms with E-state index >= 15 is 0 Å². The average Bonchev–Trinajstić information content (AvgIpc) is 2.65. The number of amides is 1. The summed E-state index contributed by atoms with van der Waals surface area (Å²) in [4.78, 5) is 14.6. The van der Waals surface area contributed by atoms with Gasteiger partial charge in [0.05, 0.1) is 12.2 Å². The molecule has 3 rings (SSSR count). The lowest BCUT2D eigenvalue weighted by molar-refractivity contribution is 0.0714. The summed E-state index contributed by atoms with van der Waals surface area (Å²) in [5.41, 5.74) is 1.64. The number of hydrogen-bond acceptors (Lipinski definition) is 4. The monoisotopic (exact) mass is 327 g/mol. The van der Waals surface area contributed by atoms with Gasteiger partial charge in [0.15, 0.2) is 11.5 Å². The normalized spacial score (nSPS) is 12.7. The van der Waals surface area contributed by atoms with Crippen molar-refractivity contribution in [2.75, 3.05) is 32.9 Å². The Balaban J connectivity index is 1.77. The van der Waals surface area contributed by atoms with Crippen LogP contribution < -0.4 is 9.47 Å². The van der Waals surface area contributed by atoms with Crippen LogP contribution in [0.1, 0.15) is 15.9 Å². The maximum Gasteiger partial charge on any atom is 0.257 e. The Morgan fingerprint density at radius 2 is 1.79 bits per heavy atom. The first-order chi connectivity index (χ1) is 11.8. The summed E-state index contributed by atoms with van der Waals surface area (Å²) in [5, 5.41) is 9.32. The number of hydrogen-bond donors (Lipinski definition) is 1. The number of carbonyl (C=O) groups excluding carboxylic acids is 1. The van der Waals surface area contributed by atoms with Crippen LogP contribution in [0.5, 0.6) is 11.5 Å². The third kappa shape index (κ3) is 3.68. The third-order valence-electron chi connectivity index (χ3n) is 3.97. The Bertz CT molecular complexity index is 687. The van der Waals surface area contributed by atoms with E-state index in [0.29, 0.717) is 36.8 Å². The summed E-state index contributed by atoms with van der Waals surface area (Å²) in [7, 11) is 0. The maximum atomic E-state index is 12.9. The van der Waals surface area contributed by atoms with Gasteiger partial charge in [-0.1, -0.05) is 36.4 Å². The highest BCUT2D eigenvalue weighted by atomic mass is 16.6. The van der Waals surface area contributed by atoms with Gasteiger partial charge in [-0.05, 0) is 24.1 Å². The van der Waals surface area contributed by atoms with Crippen molar-refractivity contribution >= 4 is 5.91 Å². The molecule has 0 bridgehead atoms. The first kappa shape index (κ1) is 16.3. The van der Waals surface area contributed by atoms with Gasteiger partial charge < -0.3 is 19.5 Å². The van der Waals surface area contributed by atoms with Crippen molar-refractivity contribution in [2.24, 2.45) is 0 Å². The molecule has 0 aromatic heterocycles. The van der Waals surface area contributed by atoms with Gasteiger partial charge in [-0.3, -0.25) is 4.79 Å². The molecule has 5 nitrogen and oxygen atoms in total. The van der Waals surface area contributed by atoms with E-state index in [-0.39, 0.29) is 19.1 Å². The van der Waals surface area contributed by atoms with Gasteiger partial charge in [0.2, 0.25) is 0 Å². The molecular weight excluding hydrogens is 306 g/mol. The molecule has 1 amide bonds. The molecule has 0 atom stereocenters. The van der Waals surface area contributed by atoms with Crippen LogP contribution in [-0.4, -0.2) is 48.8 Å². The molecule has 5 heteroatoms. The molecule has 0 fully saturated rings. The second-order valence-electron chi connectivity index (χ2n) is 5.58. The maximum absolute atomic E-state index is 12.9. The minimum atomic E-state index is -0.151. The zero-order valence-electron chi connectivity index (χ0n) is 13.5. The number of benzene rings is 2. The molecule has 0 unspecified atom stereocenters. The quantitative estimate of drug-likeness (QED) is 0.883. The van der Waals surface area contributed by atoms with E-state index in [1.54, 1.807) is 23.1 Å². The van der Waals surface area contributed by atoms with Gasteiger partial charge in [0.25, 0.3) is 5.91 Å². The Morgan fingerprint density at radius 3 is 2.58 bits per heavy atom. The lowest BCUT2D eigenvalue weighted by atomic mass is 10.1. The summed E-state index contributed by atoms with van der Waals surface area (Å²) in [6.07, 6.45) is 0.735. The third-order valence-corrected chi connectivity index (χ3v) is 3.97. The minimum Gasteiger partial charge on any atom is -0.486 e. The van der Waals surface area contributed by atoms with Crippen LogP contribution in [0.15, 0.2) is 48.5 Å². The second kappa shape index (κ2) is 7.84. The fraction of sp³-hybridized carbons (Fsp3) is 0.316. The number of nitrogens with zero attached hydrogens (tertiary/aromatic N) is 1. The summed E-state index contributed by atoms with van der Waals surface area (Å²) in [6.45, 7) is 1.66. The van der Waals surface area contributed by atoms with Crippen LogP contribution in [0.2, 0.25) is 0 Å². The predicted octanol–water partition coefficient (Wildman–Crippen LogP) is 2.13. The lowest BCUT2D eigenvalue weighted by Gasteiger charge is -2.25. The number of fused-ring (bicyclic) bond motifs is 1. The molecule has 2 aromatic rings. The molecule has 2 aromatic carbocycles. The van der Waals surface area contributed by atoms with Crippen molar-refractivity contribution in [3.63, 3.8) is 0 Å². The average molecular weight is 327 g/mol. The van der Waals surface area contributed by atoms with Crippen LogP contribution in [0.4, 0.5) is 0 Å². The molecule has 1 aliphatic heterocycles. The summed E-state index contributed by atoms with van der Waals surface area (Å²) in [5.74, 6) is 0.942. The Morgan fingerprint density at radius 1 is 1.00 bits per heavy atom. The number of ether oxygens (including phenoxy) is 2. The molecule has 0 aliphatic carbocycles. The smallest absolute Gasteiger partial charge is 0.257 e. The highest BCUT2D eigenvalue weighted by Gasteiger charge is 2.24. The van der Waals surface area contributed by atoms with Crippen LogP contribution in [0, 0.1) is 0 Å². The van der Waals surface area contributed by atoms with Crippen molar-refractivity contribution in [1.82, 2.24) is 4.90 Å². The molecule has 0 saturated heterocycles. The highest BCUT2D eigenvalue weighted by molar-refractivity contribution is 5.98. The highest BCUT2D eigenvalue weighted by Crippen LogP contribution is 2.34. The summed E-state index contributed by atoms with van der Waals surface area (Å²) in [6, 6.07) is 15.3. The van der Waals surface area contributed by atoms with E-state index in [9.17, 15) is 9.90 Å². The van der Waals surface area contributed by atoms with Crippen molar-refractivity contribution in [3.8, 4) is 11.5 Å². The summed E-state index contributed by atoms with van der Waals surface area (Å²) >= 11 is 0. The fourth-order valence-electron chi connectivity index (χ4n) is 2.76. The standard InChI is InChI=1S/C19H21NO4/c21-12-11-20(10-9-15-5-2-1-3-6-15)19(22)16-7-4-8-17-18(16)24-14-13-23-17/h1-8,21H,9-14H2. The topological polar surface area (TPSA) is 59.0 Å². The molecule has 126 valence electrons. The van der Waals surface area contributed by atoms with E-state index in [2.05, 4.69) is 0 Å². The lowest BCUT2D eigenvalue weighted by Crippen LogP contribution is -2.36. The van der Waals surface area contributed by atoms with Crippen molar-refractivity contribution in [2.45, 2.75) is 6.42 Å². The Hall–Kier alpha value is -2.53. The van der Waals surface area contributed by atoms with Gasteiger partial charge >= 0.3 is 0 Å². The van der Waals surface area contributed by atoms with Gasteiger partial charge in [-0.15, -0.1) is 0 Å². The Kier molecular flexibility index (Phi) is 5.33. The van der Waals surface area contributed by atoms with E-state index in [1.165, 1.54) is 0 Å². The first-order valence-corrected chi connectivity index (χ1v) is 8.12. The largest absolute Gasteiger partial charge is 0.486 e. The Labute approximate surface area is 141 Å². The molecular formula is C19H21NO4. The van der Waals surface area contributed by atoms with Crippen molar-refractivity contribution < 1.29 is 19.4 Å². The van der Waals surface area contributed by atoms with Crippen LogP contribution >= 0.6 is 0 Å². The molecule has 0 radical (unpaired) electrons. The molecule has 24 heavy (non-hydrogen) atoms. The minimum absolute atomic E-state index is 0.0765. The van der Waals surface area contributed by atoms with Crippen LogP contribution in [0.25, 0.3) is 0 Å². The van der Waals surface area contributed by atoms with Crippen LogP contribution in [-0.2, 0) is 6.42 Å². The molecule has 1 aliphatic rings. The molecule has 1 N–H and O–H groups in total. The van der Waals surface area contributed by atoms with E-state index in [1.807, 2.05) is 30.3 Å². The number of rotatable bonds is 6. The SMILES string of the molecule is O=C(c1cccc2c1OCCO2)N(CCO)CCc1ccccc1. The number of aliphatic hydroxyl groups is 1. The predicted molar refractivity (Wildman–Crippen MR) is 90.6 cm³/mol. The van der Waals surface area contributed by atoms with E-state index in [0.717, 1.165) is 12.0 Å². The number of aliphatic hydroxyl groups excluding tert-OH is 1. The number of para-hydroxylation sites is 1. The van der Waals surface area contributed by atoms with Gasteiger partial charge in [0, 0.05) is 13.1 Å². The molecule has 0 saturated carbocycles. The van der Waals surface area contributed by atoms with Gasteiger partial charge in [0.1, 0.15) is 13.2 Å². The van der Waals surface area contributed by atoms with Gasteiger partial charge in [-0.2, -0.15) is 0 Å². The van der Waals surface area contributed by atoms with Crippen molar-refractivity contribution in [3.05, 3.63) is 59.7 Å². The molecule has 0 spiro atoms. The van der Waals surface area contributed by atoms with Crippen LogP contribution in [0.3, 0.4) is 0 Å². The van der Waals surface area contributed by atoms with E-state index in [4.69, 9.17) is 9.47 Å². The van der Waals surface area contributed by atoms with E-state index < -0.39 is 0 Å². The van der Waals surface area contributed by atoms with Gasteiger partial charge in [-0.25, -0.2) is 0 Å². The fourth-order valence-corrected chi connectivity index (χ4v) is 2.76. The number of carbonyl (C=O) groups is 1. The zero-order valence-corrected chi connectivity index (χ0v) is 13.5. The first-order valence-electron chi connectivity index (χ1n) is 8.12. The summed E-state index contributed by atoms with van der Waals surface area (Å²) < 4.78 is 11.2. The van der Waals surface area contributed by atoms with Crippen molar-refractivity contribution in [1.29, 1.82) is 0 Å². The second-order valence-corrected chi connectivity index (χ2v) is 5.58.